The molecule has 0 heterocycles. The van der Waals surface area contributed by atoms with Crippen LogP contribution in [0.25, 0.3) is 0 Å². The summed E-state index contributed by atoms with van der Waals surface area (Å²) in [6, 6.07) is 0.726. The molecule has 0 radical (unpaired) electrons. The van der Waals surface area contributed by atoms with Crippen LogP contribution >= 0.6 is 0 Å². The molecule has 0 spiro atoms. The van der Waals surface area contributed by atoms with E-state index in [4.69, 9.17) is 0 Å². The molecule has 0 aromatic rings. The Kier molecular flexibility index (Phi) is 4.67. The lowest BCUT2D eigenvalue weighted by molar-refractivity contribution is 0.0215. The van der Waals surface area contributed by atoms with E-state index in [2.05, 4.69) is 53.6 Å². The first-order valence-corrected chi connectivity index (χ1v) is 10.3. The molecule has 0 aliphatic heterocycles. The van der Waals surface area contributed by atoms with Crippen LogP contribution < -0.4 is 0 Å². The van der Waals surface area contributed by atoms with Gasteiger partial charge < -0.3 is 4.90 Å². The van der Waals surface area contributed by atoms with Crippen LogP contribution in [0.1, 0.15) is 79.6 Å². The van der Waals surface area contributed by atoms with E-state index < -0.39 is 0 Å². The first-order valence-electron chi connectivity index (χ1n) is 10.3. The Balaban J connectivity index is 1.90. The molecule has 0 aromatic heterocycles. The van der Waals surface area contributed by atoms with Gasteiger partial charge in [0.25, 0.3) is 0 Å². The van der Waals surface area contributed by atoms with E-state index in [9.17, 15) is 0 Å². The second-order valence-electron chi connectivity index (χ2n) is 10.5. The summed E-state index contributed by atoms with van der Waals surface area (Å²) in [5, 5.41) is 0. The van der Waals surface area contributed by atoms with Gasteiger partial charge in [0.15, 0.2) is 0 Å². The average molecular weight is 320 g/mol. The summed E-state index contributed by atoms with van der Waals surface area (Å²) in [6.45, 7) is 12.9. The summed E-state index contributed by atoms with van der Waals surface area (Å²) in [6.07, 6.45) is 10.4. The molecule has 3 aliphatic carbocycles. The van der Waals surface area contributed by atoms with Gasteiger partial charge >= 0.3 is 0 Å². The van der Waals surface area contributed by atoms with Crippen LogP contribution in [0.5, 0.6) is 0 Å². The third kappa shape index (κ3) is 2.79. The van der Waals surface area contributed by atoms with Gasteiger partial charge in [-0.15, -0.1) is 0 Å². The fourth-order valence-electron chi connectivity index (χ4n) is 7.09. The Labute approximate surface area is 145 Å². The summed E-state index contributed by atoms with van der Waals surface area (Å²) >= 11 is 0. The summed E-state index contributed by atoms with van der Waals surface area (Å²) < 4.78 is 0. The smallest absolute Gasteiger partial charge is 0.00944 e. The van der Waals surface area contributed by atoms with E-state index in [0.29, 0.717) is 10.8 Å². The van der Waals surface area contributed by atoms with Gasteiger partial charge in [-0.1, -0.05) is 34.1 Å². The lowest BCUT2D eigenvalue weighted by Gasteiger charge is -2.48. The van der Waals surface area contributed by atoms with Gasteiger partial charge in [-0.05, 0) is 100.0 Å². The molecule has 0 amide bonds. The molecule has 23 heavy (non-hydrogen) atoms. The third-order valence-electron chi connectivity index (χ3n) is 9.24. The van der Waals surface area contributed by atoms with E-state index in [0.717, 1.165) is 35.6 Å². The normalized spacial score (nSPS) is 51.9. The quantitative estimate of drug-likeness (QED) is 0.618. The van der Waals surface area contributed by atoms with E-state index in [-0.39, 0.29) is 0 Å². The molecule has 3 saturated carbocycles. The molecule has 1 nitrogen and oxygen atoms in total. The van der Waals surface area contributed by atoms with Crippen LogP contribution in [0.3, 0.4) is 0 Å². The second kappa shape index (κ2) is 6.04. The Bertz CT molecular complexity index is 430. The van der Waals surface area contributed by atoms with Crippen LogP contribution in [-0.4, -0.2) is 25.0 Å². The lowest BCUT2D eigenvalue weighted by Crippen LogP contribution is -2.42. The fourth-order valence-corrected chi connectivity index (χ4v) is 7.09. The number of fused-ring (bicyclic) bond motifs is 2. The van der Waals surface area contributed by atoms with Gasteiger partial charge in [-0.25, -0.2) is 0 Å². The molecule has 0 bridgehead atoms. The molecule has 0 N–H and O–H groups in total. The maximum absolute atomic E-state index is 2.68. The summed E-state index contributed by atoms with van der Waals surface area (Å²) in [5.74, 6) is 4.72. The van der Waals surface area contributed by atoms with Gasteiger partial charge in [0.2, 0.25) is 0 Å². The third-order valence-corrected chi connectivity index (χ3v) is 9.24. The molecule has 134 valence electrons. The predicted molar refractivity (Wildman–Crippen MR) is 100 cm³/mol. The largest absolute Gasteiger partial charge is 0.306 e. The van der Waals surface area contributed by atoms with Crippen molar-refractivity contribution in [2.24, 2.45) is 40.4 Å². The molecule has 1 heteroatoms. The van der Waals surface area contributed by atoms with Gasteiger partial charge in [-0.2, -0.15) is 0 Å². The minimum atomic E-state index is 0.576. The van der Waals surface area contributed by atoms with E-state index in [1.165, 1.54) is 44.9 Å². The van der Waals surface area contributed by atoms with Crippen molar-refractivity contribution in [3.63, 3.8) is 0 Å². The van der Waals surface area contributed by atoms with Gasteiger partial charge in [0.05, 0.1) is 0 Å². The summed E-state index contributed by atoms with van der Waals surface area (Å²) in [5.41, 5.74) is 1.19. The molecule has 0 aromatic carbocycles. The molecule has 0 saturated heterocycles. The zero-order valence-corrected chi connectivity index (χ0v) is 16.9. The summed E-state index contributed by atoms with van der Waals surface area (Å²) in [7, 11) is 4.56. The van der Waals surface area contributed by atoms with Gasteiger partial charge in [0.1, 0.15) is 0 Å². The van der Waals surface area contributed by atoms with Crippen molar-refractivity contribution in [2.45, 2.75) is 85.6 Å². The number of rotatable bonds is 2. The van der Waals surface area contributed by atoms with Crippen molar-refractivity contribution >= 4 is 0 Å². The van der Waals surface area contributed by atoms with Crippen LogP contribution in [-0.2, 0) is 0 Å². The first kappa shape index (κ1) is 17.8. The standard InChI is InChI=1S/C22H41N/c1-15-10-11-21(4)16(2)14-22(5)18(13-19(21)12-15)8-9-20(22)17(3)23(6)7/h15-20H,8-14H2,1-7H3. The van der Waals surface area contributed by atoms with Crippen molar-refractivity contribution in [1.82, 2.24) is 4.90 Å². The summed E-state index contributed by atoms with van der Waals surface area (Å²) in [4.78, 5) is 2.48. The van der Waals surface area contributed by atoms with Crippen molar-refractivity contribution < 1.29 is 0 Å². The highest BCUT2D eigenvalue weighted by molar-refractivity contribution is 5.06. The topological polar surface area (TPSA) is 3.24 Å². The lowest BCUT2D eigenvalue weighted by atomic mass is 9.58. The maximum Gasteiger partial charge on any atom is 0.00944 e. The molecule has 3 rings (SSSR count). The van der Waals surface area contributed by atoms with Gasteiger partial charge in [-0.3, -0.25) is 0 Å². The monoisotopic (exact) mass is 319 g/mol. The molecule has 8 unspecified atom stereocenters. The van der Waals surface area contributed by atoms with E-state index >= 15 is 0 Å². The predicted octanol–water partition coefficient (Wildman–Crippen LogP) is 5.84. The zero-order valence-electron chi connectivity index (χ0n) is 16.9. The Morgan fingerprint density at radius 1 is 0.913 bits per heavy atom. The second-order valence-corrected chi connectivity index (χ2v) is 10.5. The van der Waals surface area contributed by atoms with Crippen LogP contribution in [0.4, 0.5) is 0 Å². The number of hydrogen-bond acceptors (Lipinski definition) is 1. The van der Waals surface area contributed by atoms with Crippen molar-refractivity contribution in [3.05, 3.63) is 0 Å². The van der Waals surface area contributed by atoms with Crippen LogP contribution in [0.15, 0.2) is 0 Å². The Morgan fingerprint density at radius 3 is 2.26 bits per heavy atom. The van der Waals surface area contributed by atoms with E-state index in [1.807, 2.05) is 0 Å². The highest BCUT2D eigenvalue weighted by atomic mass is 15.1. The molecular weight excluding hydrogens is 278 g/mol. The SMILES string of the molecule is CC1CCC2(C)C(C)CC3(C)C(CCC3C(C)N(C)C)CC2C1. The minimum Gasteiger partial charge on any atom is -0.306 e. The molecule has 3 aliphatic rings. The van der Waals surface area contributed by atoms with Crippen LogP contribution in [0.2, 0.25) is 0 Å². The Morgan fingerprint density at radius 2 is 1.61 bits per heavy atom. The average Bonchev–Trinajstić information content (AvgIpc) is 2.74. The number of hydrogen-bond donors (Lipinski definition) is 0. The molecule has 3 fully saturated rings. The first-order chi connectivity index (χ1) is 10.7. The van der Waals surface area contributed by atoms with E-state index in [1.54, 1.807) is 0 Å². The van der Waals surface area contributed by atoms with Crippen LogP contribution in [0, 0.1) is 40.4 Å². The van der Waals surface area contributed by atoms with Gasteiger partial charge in [0, 0.05) is 6.04 Å². The minimum absolute atomic E-state index is 0.576. The highest BCUT2D eigenvalue weighted by Gasteiger charge is 2.56. The molecule has 8 atom stereocenters. The molecular formula is C22H41N. The van der Waals surface area contributed by atoms with Crippen molar-refractivity contribution in [3.8, 4) is 0 Å². The zero-order chi connectivity index (χ0) is 17.0. The fraction of sp³-hybridized carbons (Fsp3) is 1.00. The van der Waals surface area contributed by atoms with Crippen molar-refractivity contribution in [1.29, 1.82) is 0 Å². The highest BCUT2D eigenvalue weighted by Crippen LogP contribution is 2.64. The Hall–Kier alpha value is -0.0400. The number of nitrogens with zero attached hydrogens (tertiary/aromatic N) is 1. The van der Waals surface area contributed by atoms with Crippen molar-refractivity contribution in [2.75, 3.05) is 14.1 Å². The maximum atomic E-state index is 2.68.